The van der Waals surface area contributed by atoms with Gasteiger partial charge in [-0.25, -0.2) is 4.39 Å². The van der Waals surface area contributed by atoms with Gasteiger partial charge in [0.15, 0.2) is 6.61 Å². The van der Waals surface area contributed by atoms with Crippen LogP contribution in [0.15, 0.2) is 22.7 Å². The van der Waals surface area contributed by atoms with Crippen LogP contribution in [0.3, 0.4) is 0 Å². The molecule has 1 aliphatic heterocycles. The molecule has 1 aromatic carbocycles. The Morgan fingerprint density at radius 2 is 1.92 bits per heavy atom. The average molecular weight is 430 g/mol. The zero-order valence-electron chi connectivity index (χ0n) is 15.0. The Kier molecular flexibility index (Phi) is 8.47. The van der Waals surface area contributed by atoms with Crippen LogP contribution in [0.25, 0.3) is 0 Å². The molecule has 1 heterocycles. The average Bonchev–Trinajstić information content (AvgIpc) is 2.62. The summed E-state index contributed by atoms with van der Waals surface area (Å²) in [4.78, 5) is 27.4. The van der Waals surface area contributed by atoms with Gasteiger partial charge in [0.1, 0.15) is 5.82 Å². The van der Waals surface area contributed by atoms with E-state index in [4.69, 9.17) is 4.74 Å². The maximum Gasteiger partial charge on any atom is 0.320 e. The van der Waals surface area contributed by atoms with Crippen molar-refractivity contribution in [1.82, 2.24) is 15.1 Å². The first-order chi connectivity index (χ1) is 12.5. The second kappa shape index (κ2) is 10.6. The summed E-state index contributed by atoms with van der Waals surface area (Å²) in [5.41, 5.74) is 0.666. The number of benzene rings is 1. The number of carbonyl (C=O) groups excluding carboxylic acids is 2. The van der Waals surface area contributed by atoms with E-state index < -0.39 is 5.97 Å². The number of hydrogen-bond donors (Lipinski definition) is 1. The van der Waals surface area contributed by atoms with Crippen molar-refractivity contribution in [2.24, 2.45) is 0 Å². The number of amides is 1. The molecule has 6 nitrogen and oxygen atoms in total. The highest BCUT2D eigenvalue weighted by atomic mass is 79.9. The van der Waals surface area contributed by atoms with Crippen molar-refractivity contribution >= 4 is 27.8 Å². The van der Waals surface area contributed by atoms with Gasteiger partial charge < -0.3 is 10.1 Å². The Morgan fingerprint density at radius 1 is 1.23 bits per heavy atom. The Balaban J connectivity index is 1.68. The minimum absolute atomic E-state index is 0.168. The van der Waals surface area contributed by atoms with Crippen molar-refractivity contribution in [3.8, 4) is 0 Å². The molecule has 1 fully saturated rings. The number of nitrogens with zero attached hydrogens (tertiary/aromatic N) is 2. The van der Waals surface area contributed by atoms with Crippen molar-refractivity contribution in [1.29, 1.82) is 0 Å². The molecule has 0 atom stereocenters. The van der Waals surface area contributed by atoms with Crippen LogP contribution in [0.2, 0.25) is 0 Å². The van der Waals surface area contributed by atoms with Crippen LogP contribution in [0.1, 0.15) is 18.9 Å². The summed E-state index contributed by atoms with van der Waals surface area (Å²) < 4.78 is 19.6. The first-order valence-electron chi connectivity index (χ1n) is 8.79. The van der Waals surface area contributed by atoms with Crippen LogP contribution in [0.5, 0.6) is 0 Å². The Morgan fingerprint density at radius 3 is 2.58 bits per heavy atom. The number of ether oxygens (including phenoxy) is 1. The van der Waals surface area contributed by atoms with Gasteiger partial charge in [0.05, 0.1) is 6.54 Å². The van der Waals surface area contributed by atoms with Crippen LogP contribution in [0.4, 0.5) is 4.39 Å². The maximum atomic E-state index is 13.9. The number of nitrogens with one attached hydrogen (secondary N) is 1. The molecule has 26 heavy (non-hydrogen) atoms. The molecule has 0 unspecified atom stereocenters. The third kappa shape index (κ3) is 7.01. The fourth-order valence-electron chi connectivity index (χ4n) is 2.69. The molecule has 0 aromatic heterocycles. The minimum Gasteiger partial charge on any atom is -0.455 e. The molecule has 1 N–H and O–H groups in total. The van der Waals surface area contributed by atoms with Gasteiger partial charge in [0, 0.05) is 49.3 Å². The largest absolute Gasteiger partial charge is 0.455 e. The van der Waals surface area contributed by atoms with Crippen LogP contribution in [0, 0.1) is 5.82 Å². The van der Waals surface area contributed by atoms with Gasteiger partial charge in [-0.15, -0.1) is 0 Å². The van der Waals surface area contributed by atoms with Crippen molar-refractivity contribution in [3.05, 3.63) is 34.1 Å². The highest BCUT2D eigenvalue weighted by Gasteiger charge is 2.20. The van der Waals surface area contributed by atoms with Gasteiger partial charge in [-0.05, 0) is 18.6 Å². The lowest BCUT2D eigenvalue weighted by Crippen LogP contribution is -2.48. The van der Waals surface area contributed by atoms with E-state index in [9.17, 15) is 14.0 Å². The first kappa shape index (κ1) is 20.8. The van der Waals surface area contributed by atoms with Gasteiger partial charge in [-0.2, -0.15) is 0 Å². The molecule has 8 heteroatoms. The molecule has 1 aromatic rings. The fraction of sp³-hybridized carbons (Fsp3) is 0.556. The van der Waals surface area contributed by atoms with E-state index in [1.807, 2.05) is 17.9 Å². The molecular weight excluding hydrogens is 405 g/mol. The third-order valence-electron chi connectivity index (χ3n) is 4.16. The number of halogens is 2. The van der Waals surface area contributed by atoms with Crippen LogP contribution in [-0.2, 0) is 20.9 Å². The van der Waals surface area contributed by atoms with Gasteiger partial charge in [0.2, 0.25) is 0 Å². The molecule has 144 valence electrons. The minimum atomic E-state index is -0.399. The van der Waals surface area contributed by atoms with E-state index in [1.165, 1.54) is 6.07 Å². The van der Waals surface area contributed by atoms with Gasteiger partial charge >= 0.3 is 5.97 Å². The van der Waals surface area contributed by atoms with Crippen LogP contribution >= 0.6 is 15.9 Å². The highest BCUT2D eigenvalue weighted by Crippen LogP contribution is 2.17. The zero-order chi connectivity index (χ0) is 18.9. The van der Waals surface area contributed by atoms with E-state index in [0.29, 0.717) is 31.7 Å². The van der Waals surface area contributed by atoms with E-state index in [1.54, 1.807) is 6.07 Å². The summed E-state index contributed by atoms with van der Waals surface area (Å²) in [6.07, 6.45) is 0.841. The van der Waals surface area contributed by atoms with Crippen molar-refractivity contribution in [2.75, 3.05) is 45.9 Å². The molecule has 1 aliphatic rings. The Bertz CT molecular complexity index is 622. The van der Waals surface area contributed by atoms with E-state index in [0.717, 1.165) is 24.0 Å². The van der Waals surface area contributed by atoms with E-state index in [2.05, 4.69) is 26.1 Å². The molecule has 1 amide bonds. The molecule has 0 bridgehead atoms. The predicted molar refractivity (Wildman–Crippen MR) is 100 cm³/mol. The topological polar surface area (TPSA) is 61.9 Å². The molecule has 2 rings (SSSR count). The standard InChI is InChI=1S/C18H25BrFN3O3/c1-2-5-21-17(24)13-26-18(25)12-23-8-6-22(7-9-23)11-14-3-4-15(19)10-16(14)20/h3-4,10H,2,5-9,11-13H2,1H3,(H,21,24). The molecule has 0 aliphatic carbocycles. The zero-order valence-corrected chi connectivity index (χ0v) is 16.6. The van der Waals surface area contributed by atoms with Crippen LogP contribution in [-0.4, -0.2) is 67.6 Å². The van der Waals surface area contributed by atoms with Gasteiger partial charge in [0.25, 0.3) is 5.91 Å². The monoisotopic (exact) mass is 429 g/mol. The summed E-state index contributed by atoms with van der Waals surface area (Å²) in [7, 11) is 0. The number of carbonyl (C=O) groups is 2. The highest BCUT2D eigenvalue weighted by molar-refractivity contribution is 9.10. The summed E-state index contributed by atoms with van der Waals surface area (Å²) in [6, 6.07) is 5.09. The normalized spacial score (nSPS) is 15.7. The SMILES string of the molecule is CCCNC(=O)COC(=O)CN1CCN(Cc2ccc(Br)cc2F)CC1. The van der Waals surface area contributed by atoms with E-state index >= 15 is 0 Å². The molecule has 0 spiro atoms. The molecule has 0 saturated carbocycles. The Labute approximate surface area is 161 Å². The van der Waals surface area contributed by atoms with E-state index in [-0.39, 0.29) is 24.9 Å². The Hall–Kier alpha value is -1.51. The van der Waals surface area contributed by atoms with Crippen molar-refractivity contribution in [2.45, 2.75) is 19.9 Å². The van der Waals surface area contributed by atoms with Gasteiger partial charge in [-0.1, -0.05) is 28.9 Å². The fourth-order valence-corrected chi connectivity index (χ4v) is 3.02. The lowest BCUT2D eigenvalue weighted by Gasteiger charge is -2.34. The summed E-state index contributed by atoms with van der Waals surface area (Å²) >= 11 is 3.26. The molecule has 1 saturated heterocycles. The van der Waals surface area contributed by atoms with Crippen LogP contribution < -0.4 is 5.32 Å². The summed E-state index contributed by atoms with van der Waals surface area (Å²) in [5, 5.41) is 2.66. The summed E-state index contributed by atoms with van der Waals surface area (Å²) in [5.74, 6) is -0.891. The predicted octanol–water partition coefficient (Wildman–Crippen LogP) is 1.78. The maximum absolute atomic E-state index is 13.9. The number of piperazine rings is 1. The van der Waals surface area contributed by atoms with Gasteiger partial charge in [-0.3, -0.25) is 19.4 Å². The lowest BCUT2D eigenvalue weighted by atomic mass is 10.2. The lowest BCUT2D eigenvalue weighted by molar-refractivity contribution is -0.150. The molecular formula is C18H25BrFN3O3. The summed E-state index contributed by atoms with van der Waals surface area (Å²) in [6.45, 7) is 5.93. The van der Waals surface area contributed by atoms with Crippen molar-refractivity contribution in [3.63, 3.8) is 0 Å². The quantitative estimate of drug-likeness (QED) is 0.638. The smallest absolute Gasteiger partial charge is 0.320 e. The number of hydrogen-bond acceptors (Lipinski definition) is 5. The second-order valence-electron chi connectivity index (χ2n) is 6.30. The number of rotatable bonds is 8. The third-order valence-corrected chi connectivity index (χ3v) is 4.66. The first-order valence-corrected chi connectivity index (χ1v) is 9.58. The molecule has 0 radical (unpaired) electrons. The van der Waals surface area contributed by atoms with Crippen molar-refractivity contribution < 1.29 is 18.7 Å². The second-order valence-corrected chi connectivity index (χ2v) is 7.21. The number of esters is 1.